The van der Waals surface area contributed by atoms with E-state index in [1.165, 1.54) is 10.6 Å². The second-order valence-electron chi connectivity index (χ2n) is 6.81. The topological polar surface area (TPSA) is 78.8 Å². The van der Waals surface area contributed by atoms with Gasteiger partial charge in [-0.15, -0.1) is 0 Å². The zero-order chi connectivity index (χ0) is 21.6. The fourth-order valence-corrected chi connectivity index (χ4v) is 3.75. The standard InChI is InChI=1S/C23H23N3O3S/c1-18(20-9-5-3-6-10-20)24-25-23(27)21-15-13-19(14-16-21)17-26(30(2,28)29)22-11-7-4-8-12-22/h3-16H,17H2,1-2H3,(H,25,27)/b24-18+. The van der Waals surface area contributed by atoms with E-state index in [0.29, 0.717) is 17.0 Å². The summed E-state index contributed by atoms with van der Waals surface area (Å²) in [4.78, 5) is 12.4. The highest BCUT2D eigenvalue weighted by Gasteiger charge is 2.17. The van der Waals surface area contributed by atoms with Gasteiger partial charge in [-0.25, -0.2) is 13.8 Å². The van der Waals surface area contributed by atoms with Gasteiger partial charge >= 0.3 is 0 Å². The molecule has 1 N–H and O–H groups in total. The van der Waals surface area contributed by atoms with Gasteiger partial charge in [-0.05, 0) is 42.3 Å². The quantitative estimate of drug-likeness (QED) is 0.465. The Morgan fingerprint density at radius 2 is 1.43 bits per heavy atom. The summed E-state index contributed by atoms with van der Waals surface area (Å²) in [5.41, 5.74) is 5.97. The van der Waals surface area contributed by atoms with Crippen LogP contribution >= 0.6 is 0 Å². The van der Waals surface area contributed by atoms with Crippen molar-refractivity contribution >= 4 is 27.3 Å². The molecule has 0 aromatic heterocycles. The van der Waals surface area contributed by atoms with Crippen molar-refractivity contribution in [3.63, 3.8) is 0 Å². The monoisotopic (exact) mass is 421 g/mol. The molecular formula is C23H23N3O3S. The van der Waals surface area contributed by atoms with Crippen LogP contribution in [-0.2, 0) is 16.6 Å². The SMILES string of the molecule is C/C(=N\NC(=O)c1ccc(CN(c2ccccc2)S(C)(=O)=O)cc1)c1ccccc1. The van der Waals surface area contributed by atoms with Crippen molar-refractivity contribution in [3.8, 4) is 0 Å². The van der Waals surface area contributed by atoms with Gasteiger partial charge in [-0.2, -0.15) is 5.10 Å². The molecule has 0 fully saturated rings. The third-order valence-electron chi connectivity index (χ3n) is 4.50. The van der Waals surface area contributed by atoms with Crippen molar-refractivity contribution in [1.82, 2.24) is 5.43 Å². The first-order valence-electron chi connectivity index (χ1n) is 9.36. The number of carbonyl (C=O) groups is 1. The minimum atomic E-state index is -3.45. The summed E-state index contributed by atoms with van der Waals surface area (Å²) in [6.07, 6.45) is 1.18. The van der Waals surface area contributed by atoms with Gasteiger partial charge in [-0.3, -0.25) is 9.10 Å². The Morgan fingerprint density at radius 1 is 0.867 bits per heavy atom. The molecule has 0 heterocycles. The minimum Gasteiger partial charge on any atom is -0.267 e. The normalized spacial score (nSPS) is 11.7. The minimum absolute atomic E-state index is 0.177. The number of carbonyl (C=O) groups excluding carboxylic acids is 1. The molecule has 0 aliphatic carbocycles. The highest BCUT2D eigenvalue weighted by molar-refractivity contribution is 7.92. The predicted octanol–water partition coefficient (Wildman–Crippen LogP) is 3.81. The van der Waals surface area contributed by atoms with E-state index in [1.54, 1.807) is 48.5 Å². The van der Waals surface area contributed by atoms with Crippen LogP contribution in [0.2, 0.25) is 0 Å². The molecule has 0 spiro atoms. The Morgan fingerprint density at radius 3 is 2.00 bits per heavy atom. The predicted molar refractivity (Wildman–Crippen MR) is 120 cm³/mol. The second kappa shape index (κ2) is 9.37. The third kappa shape index (κ3) is 5.55. The zero-order valence-electron chi connectivity index (χ0n) is 16.8. The van der Waals surface area contributed by atoms with E-state index < -0.39 is 10.0 Å². The lowest BCUT2D eigenvalue weighted by Crippen LogP contribution is -2.29. The van der Waals surface area contributed by atoms with Gasteiger partial charge in [0.05, 0.1) is 24.2 Å². The first kappa shape index (κ1) is 21.3. The Kier molecular flexibility index (Phi) is 6.64. The van der Waals surface area contributed by atoms with Crippen molar-refractivity contribution in [1.29, 1.82) is 0 Å². The molecule has 3 aromatic rings. The van der Waals surface area contributed by atoms with Crippen LogP contribution in [0, 0.1) is 0 Å². The summed E-state index contributed by atoms with van der Waals surface area (Å²) in [7, 11) is -3.45. The van der Waals surface area contributed by atoms with E-state index in [4.69, 9.17) is 0 Å². The number of sulfonamides is 1. The fraction of sp³-hybridized carbons (Fsp3) is 0.130. The second-order valence-corrected chi connectivity index (χ2v) is 8.71. The van der Waals surface area contributed by atoms with Gasteiger partial charge in [0.2, 0.25) is 10.0 Å². The smallest absolute Gasteiger partial charge is 0.267 e. The molecule has 0 saturated heterocycles. The number of para-hydroxylation sites is 1. The molecule has 0 aliphatic rings. The van der Waals surface area contributed by atoms with E-state index in [2.05, 4.69) is 10.5 Å². The van der Waals surface area contributed by atoms with Crippen LogP contribution in [0.4, 0.5) is 5.69 Å². The number of hydrogen-bond acceptors (Lipinski definition) is 4. The molecule has 3 rings (SSSR count). The number of rotatable bonds is 7. The number of nitrogens with one attached hydrogen (secondary N) is 1. The average Bonchev–Trinajstić information content (AvgIpc) is 2.76. The van der Waals surface area contributed by atoms with Gasteiger partial charge in [0.15, 0.2) is 0 Å². The molecular weight excluding hydrogens is 398 g/mol. The van der Waals surface area contributed by atoms with Crippen LogP contribution < -0.4 is 9.73 Å². The van der Waals surface area contributed by atoms with Crippen LogP contribution in [0.25, 0.3) is 0 Å². The largest absolute Gasteiger partial charge is 0.271 e. The number of benzene rings is 3. The number of hydrazone groups is 1. The molecule has 7 heteroatoms. The lowest BCUT2D eigenvalue weighted by atomic mass is 10.1. The maximum atomic E-state index is 12.4. The number of anilines is 1. The average molecular weight is 422 g/mol. The Hall–Kier alpha value is -3.45. The van der Waals surface area contributed by atoms with Crippen LogP contribution in [0.3, 0.4) is 0 Å². The van der Waals surface area contributed by atoms with E-state index in [9.17, 15) is 13.2 Å². The van der Waals surface area contributed by atoms with Crippen LogP contribution in [0.1, 0.15) is 28.4 Å². The van der Waals surface area contributed by atoms with Gasteiger partial charge < -0.3 is 0 Å². The molecule has 1 amide bonds. The highest BCUT2D eigenvalue weighted by Crippen LogP contribution is 2.20. The summed E-state index contributed by atoms with van der Waals surface area (Å²) in [5.74, 6) is -0.333. The Bertz CT molecular complexity index is 1130. The molecule has 0 bridgehead atoms. The summed E-state index contributed by atoms with van der Waals surface area (Å²) in [6, 6.07) is 25.3. The van der Waals surface area contributed by atoms with Crippen molar-refractivity contribution in [2.45, 2.75) is 13.5 Å². The summed E-state index contributed by atoms with van der Waals surface area (Å²) in [6.45, 7) is 2.00. The zero-order valence-corrected chi connectivity index (χ0v) is 17.6. The molecule has 6 nitrogen and oxygen atoms in total. The maximum Gasteiger partial charge on any atom is 0.271 e. The molecule has 30 heavy (non-hydrogen) atoms. The Labute approximate surface area is 176 Å². The summed E-state index contributed by atoms with van der Waals surface area (Å²) >= 11 is 0. The molecule has 154 valence electrons. The van der Waals surface area contributed by atoms with Crippen LogP contribution in [-0.4, -0.2) is 26.3 Å². The highest BCUT2D eigenvalue weighted by atomic mass is 32.2. The number of amides is 1. The van der Waals surface area contributed by atoms with E-state index >= 15 is 0 Å². The van der Waals surface area contributed by atoms with E-state index in [-0.39, 0.29) is 12.5 Å². The number of hydrogen-bond donors (Lipinski definition) is 1. The molecule has 0 aliphatic heterocycles. The molecule has 0 radical (unpaired) electrons. The van der Waals surface area contributed by atoms with E-state index in [1.807, 2.05) is 43.3 Å². The lowest BCUT2D eigenvalue weighted by Gasteiger charge is -2.22. The van der Waals surface area contributed by atoms with Crippen LogP contribution in [0.5, 0.6) is 0 Å². The fourth-order valence-electron chi connectivity index (χ4n) is 2.86. The van der Waals surface area contributed by atoms with Gasteiger partial charge in [-0.1, -0.05) is 60.7 Å². The van der Waals surface area contributed by atoms with Crippen molar-refractivity contribution in [3.05, 3.63) is 102 Å². The maximum absolute atomic E-state index is 12.4. The molecule has 0 atom stereocenters. The third-order valence-corrected chi connectivity index (χ3v) is 5.64. The molecule has 3 aromatic carbocycles. The van der Waals surface area contributed by atoms with Crippen molar-refractivity contribution in [2.75, 3.05) is 10.6 Å². The van der Waals surface area contributed by atoms with Crippen LogP contribution in [0.15, 0.2) is 90.0 Å². The first-order valence-corrected chi connectivity index (χ1v) is 11.2. The summed E-state index contributed by atoms with van der Waals surface area (Å²) in [5, 5.41) is 4.14. The van der Waals surface area contributed by atoms with Crippen molar-refractivity contribution < 1.29 is 13.2 Å². The first-order chi connectivity index (χ1) is 14.3. The lowest BCUT2D eigenvalue weighted by molar-refractivity contribution is 0.0955. The van der Waals surface area contributed by atoms with Gasteiger partial charge in [0.25, 0.3) is 5.91 Å². The van der Waals surface area contributed by atoms with Gasteiger partial charge in [0, 0.05) is 5.56 Å². The van der Waals surface area contributed by atoms with E-state index in [0.717, 1.165) is 11.1 Å². The van der Waals surface area contributed by atoms with Gasteiger partial charge in [0.1, 0.15) is 0 Å². The molecule has 0 unspecified atom stereocenters. The Balaban J connectivity index is 1.70. The number of nitrogens with zero attached hydrogens (tertiary/aromatic N) is 2. The molecule has 0 saturated carbocycles. The van der Waals surface area contributed by atoms with Crippen molar-refractivity contribution in [2.24, 2.45) is 5.10 Å². The summed E-state index contributed by atoms with van der Waals surface area (Å²) < 4.78 is 25.8.